The molecule has 0 heterocycles. The van der Waals surface area contributed by atoms with E-state index in [1.54, 1.807) is 18.2 Å². The molecule has 132 valence electrons. The van der Waals surface area contributed by atoms with Gasteiger partial charge in [0.2, 0.25) is 11.8 Å². The number of nitrogens with one attached hydrogen (secondary N) is 1. The van der Waals surface area contributed by atoms with Crippen LogP contribution in [0.2, 0.25) is 10.0 Å². The van der Waals surface area contributed by atoms with E-state index in [0.29, 0.717) is 21.4 Å². The number of anilines is 2. The minimum atomic E-state index is -0.323. The van der Waals surface area contributed by atoms with Gasteiger partial charge in [-0.15, -0.1) is 0 Å². The maximum atomic E-state index is 12.5. The lowest BCUT2D eigenvalue weighted by Crippen LogP contribution is -2.37. The maximum absolute atomic E-state index is 12.5. The first-order chi connectivity index (χ1) is 11.7. The van der Waals surface area contributed by atoms with Crippen LogP contribution in [0.4, 0.5) is 11.4 Å². The Hall–Kier alpha value is -2.04. The third kappa shape index (κ3) is 4.74. The van der Waals surface area contributed by atoms with Crippen molar-refractivity contribution in [2.45, 2.75) is 27.7 Å². The highest BCUT2D eigenvalue weighted by molar-refractivity contribution is 6.34. The quantitative estimate of drug-likeness (QED) is 0.821. The molecule has 4 nitrogen and oxygen atoms in total. The van der Waals surface area contributed by atoms with Crippen molar-refractivity contribution in [3.63, 3.8) is 0 Å². The summed E-state index contributed by atoms with van der Waals surface area (Å²) < 4.78 is 0. The molecule has 2 rings (SSSR count). The monoisotopic (exact) mass is 378 g/mol. The van der Waals surface area contributed by atoms with Gasteiger partial charge in [0.05, 0.1) is 10.7 Å². The lowest BCUT2D eigenvalue weighted by molar-refractivity contribution is -0.120. The van der Waals surface area contributed by atoms with Crippen molar-refractivity contribution < 1.29 is 9.59 Å². The van der Waals surface area contributed by atoms with E-state index in [4.69, 9.17) is 23.2 Å². The Labute approximate surface area is 157 Å². The van der Waals surface area contributed by atoms with E-state index in [0.717, 1.165) is 16.7 Å². The third-order valence-corrected chi connectivity index (χ3v) is 4.35. The molecule has 0 bridgehead atoms. The number of amides is 2. The smallest absolute Gasteiger partial charge is 0.244 e. The predicted molar refractivity (Wildman–Crippen MR) is 104 cm³/mol. The van der Waals surface area contributed by atoms with E-state index in [1.165, 1.54) is 11.8 Å². The highest BCUT2D eigenvalue weighted by Crippen LogP contribution is 2.31. The zero-order chi connectivity index (χ0) is 18.7. The molecule has 25 heavy (non-hydrogen) atoms. The summed E-state index contributed by atoms with van der Waals surface area (Å²) in [6, 6.07) is 8.96. The predicted octanol–water partition coefficient (Wildman–Crippen LogP) is 4.91. The molecule has 0 spiro atoms. The normalized spacial score (nSPS) is 10.5. The number of hydrogen-bond acceptors (Lipinski definition) is 2. The molecule has 0 aliphatic carbocycles. The first kappa shape index (κ1) is 19.3. The van der Waals surface area contributed by atoms with Crippen LogP contribution < -0.4 is 10.2 Å². The molecule has 0 aliphatic heterocycles. The number of halogens is 2. The van der Waals surface area contributed by atoms with E-state index in [1.807, 2.05) is 32.9 Å². The molecule has 0 fully saturated rings. The highest BCUT2D eigenvalue weighted by Gasteiger charge is 2.21. The summed E-state index contributed by atoms with van der Waals surface area (Å²) in [5.74, 6) is -0.580. The number of hydrogen-bond donors (Lipinski definition) is 1. The summed E-state index contributed by atoms with van der Waals surface area (Å²) in [6.45, 7) is 6.94. The first-order valence-electron chi connectivity index (χ1n) is 7.80. The van der Waals surface area contributed by atoms with Crippen molar-refractivity contribution in [2.24, 2.45) is 0 Å². The van der Waals surface area contributed by atoms with E-state index < -0.39 is 0 Å². The molecule has 0 aromatic heterocycles. The summed E-state index contributed by atoms with van der Waals surface area (Å²) in [6.07, 6.45) is 0. The SMILES string of the molecule is CC(=O)N(CC(=O)Nc1cc(Cl)ccc1C)c1c(C)cc(C)cc1Cl. The Morgan fingerprint density at radius 2 is 1.72 bits per heavy atom. The topological polar surface area (TPSA) is 49.4 Å². The van der Waals surface area contributed by atoms with Gasteiger partial charge in [-0.2, -0.15) is 0 Å². The average molecular weight is 379 g/mol. The van der Waals surface area contributed by atoms with E-state index >= 15 is 0 Å². The van der Waals surface area contributed by atoms with Crippen LogP contribution in [-0.2, 0) is 9.59 Å². The molecule has 2 amide bonds. The minimum Gasteiger partial charge on any atom is -0.324 e. The maximum Gasteiger partial charge on any atom is 0.244 e. The van der Waals surface area contributed by atoms with Gasteiger partial charge < -0.3 is 10.2 Å². The number of nitrogens with zero attached hydrogens (tertiary/aromatic N) is 1. The molecule has 6 heteroatoms. The average Bonchev–Trinajstić information content (AvgIpc) is 2.48. The van der Waals surface area contributed by atoms with Gasteiger partial charge in [0.15, 0.2) is 0 Å². The first-order valence-corrected chi connectivity index (χ1v) is 8.55. The highest BCUT2D eigenvalue weighted by atomic mass is 35.5. The van der Waals surface area contributed by atoms with Crippen molar-refractivity contribution in [2.75, 3.05) is 16.8 Å². The van der Waals surface area contributed by atoms with Gasteiger partial charge >= 0.3 is 0 Å². The van der Waals surface area contributed by atoms with Crippen LogP contribution in [0.3, 0.4) is 0 Å². The molecular weight excluding hydrogens is 359 g/mol. The summed E-state index contributed by atoms with van der Waals surface area (Å²) in [5.41, 5.74) is 3.89. The molecule has 0 radical (unpaired) electrons. The summed E-state index contributed by atoms with van der Waals surface area (Å²) in [7, 11) is 0. The fourth-order valence-electron chi connectivity index (χ4n) is 2.66. The van der Waals surface area contributed by atoms with Crippen LogP contribution in [0.15, 0.2) is 30.3 Å². The zero-order valence-corrected chi connectivity index (χ0v) is 16.1. The van der Waals surface area contributed by atoms with Crippen molar-refractivity contribution in [3.8, 4) is 0 Å². The number of benzene rings is 2. The van der Waals surface area contributed by atoms with Gasteiger partial charge in [0.25, 0.3) is 0 Å². The molecule has 2 aromatic rings. The zero-order valence-electron chi connectivity index (χ0n) is 14.6. The summed E-state index contributed by atoms with van der Waals surface area (Å²) in [5, 5.41) is 3.77. The van der Waals surface area contributed by atoms with E-state index in [2.05, 4.69) is 5.32 Å². The van der Waals surface area contributed by atoms with Gasteiger partial charge in [0, 0.05) is 17.6 Å². The Morgan fingerprint density at radius 3 is 2.32 bits per heavy atom. The van der Waals surface area contributed by atoms with Crippen LogP contribution in [0.25, 0.3) is 0 Å². The molecule has 0 unspecified atom stereocenters. The van der Waals surface area contributed by atoms with Crippen LogP contribution in [0.1, 0.15) is 23.6 Å². The van der Waals surface area contributed by atoms with Crippen molar-refractivity contribution in [3.05, 3.63) is 57.1 Å². The summed E-state index contributed by atoms with van der Waals surface area (Å²) in [4.78, 5) is 26.0. The van der Waals surface area contributed by atoms with Gasteiger partial charge in [-0.1, -0.05) is 35.3 Å². The van der Waals surface area contributed by atoms with Crippen LogP contribution in [-0.4, -0.2) is 18.4 Å². The van der Waals surface area contributed by atoms with Crippen molar-refractivity contribution >= 4 is 46.4 Å². The van der Waals surface area contributed by atoms with E-state index in [-0.39, 0.29) is 18.4 Å². The fraction of sp³-hybridized carbons (Fsp3) is 0.263. The second kappa shape index (κ2) is 7.89. The van der Waals surface area contributed by atoms with Crippen LogP contribution in [0.5, 0.6) is 0 Å². The second-order valence-electron chi connectivity index (χ2n) is 6.02. The Kier molecular flexibility index (Phi) is 6.09. The van der Waals surface area contributed by atoms with Crippen LogP contribution >= 0.6 is 23.2 Å². The lowest BCUT2D eigenvalue weighted by Gasteiger charge is -2.24. The van der Waals surface area contributed by atoms with Crippen LogP contribution in [0, 0.1) is 20.8 Å². The number of rotatable bonds is 4. The number of aryl methyl sites for hydroxylation is 3. The standard InChI is InChI=1S/C19H20Cl2N2O2/c1-11-7-13(3)19(16(21)8-11)23(14(4)24)10-18(25)22-17-9-15(20)6-5-12(17)2/h5-9H,10H2,1-4H3,(H,22,25). The Bertz CT molecular complexity index is 811. The van der Waals surface area contributed by atoms with Gasteiger partial charge in [-0.3, -0.25) is 9.59 Å². The van der Waals surface area contributed by atoms with Crippen molar-refractivity contribution in [1.29, 1.82) is 0 Å². The lowest BCUT2D eigenvalue weighted by atomic mass is 10.1. The molecular formula is C19H20Cl2N2O2. The molecule has 0 saturated carbocycles. The number of carbonyl (C=O) groups is 2. The van der Waals surface area contributed by atoms with E-state index in [9.17, 15) is 9.59 Å². The molecule has 0 aliphatic rings. The Morgan fingerprint density at radius 1 is 1.04 bits per heavy atom. The molecule has 1 N–H and O–H groups in total. The third-order valence-electron chi connectivity index (χ3n) is 3.82. The van der Waals surface area contributed by atoms with Gasteiger partial charge in [0.1, 0.15) is 6.54 Å². The molecule has 2 aromatic carbocycles. The number of carbonyl (C=O) groups excluding carboxylic acids is 2. The molecule has 0 atom stereocenters. The van der Waals surface area contributed by atoms with Gasteiger partial charge in [-0.05, 0) is 55.7 Å². The Balaban J connectivity index is 2.27. The second-order valence-corrected chi connectivity index (χ2v) is 6.87. The van der Waals surface area contributed by atoms with Crippen molar-refractivity contribution in [1.82, 2.24) is 0 Å². The summed E-state index contributed by atoms with van der Waals surface area (Å²) >= 11 is 12.3. The largest absolute Gasteiger partial charge is 0.324 e. The fourth-order valence-corrected chi connectivity index (χ4v) is 3.26. The van der Waals surface area contributed by atoms with Gasteiger partial charge in [-0.25, -0.2) is 0 Å². The minimum absolute atomic E-state index is 0.134. The molecule has 0 saturated heterocycles.